The second-order valence-corrected chi connectivity index (χ2v) is 7.23. The number of nitro groups is 1. The summed E-state index contributed by atoms with van der Waals surface area (Å²) < 4.78 is 40.8. The minimum Gasteiger partial charge on any atom is -0.324 e. The number of benzene rings is 1. The molecule has 2 heterocycles. The van der Waals surface area contributed by atoms with Gasteiger partial charge in [0.15, 0.2) is 0 Å². The maximum atomic E-state index is 13.1. The normalized spacial score (nSPS) is 11.8. The summed E-state index contributed by atoms with van der Waals surface area (Å²) >= 11 is 1.04. The van der Waals surface area contributed by atoms with Crippen molar-refractivity contribution in [2.45, 2.75) is 19.6 Å². The molecular weight excluding hydrogens is 397 g/mol. The maximum absolute atomic E-state index is 13.1. The Bertz CT molecular complexity index is 1020. The molecule has 11 heteroatoms. The Morgan fingerprint density at radius 2 is 2.04 bits per heavy atom. The maximum Gasteiger partial charge on any atom is 0.406 e. The predicted molar refractivity (Wildman–Crippen MR) is 97.2 cm³/mol. The molecule has 0 unspecified atom stereocenters. The lowest BCUT2D eigenvalue weighted by atomic mass is 10.1. The molecule has 2 aromatic heterocycles. The number of nitrogens with zero attached hydrogens (tertiary/aromatic N) is 4. The molecule has 0 aliphatic heterocycles. The molecule has 7 nitrogen and oxygen atoms in total. The highest BCUT2D eigenvalue weighted by molar-refractivity contribution is 7.20. The van der Waals surface area contributed by atoms with Gasteiger partial charge in [-0.05, 0) is 13.0 Å². The van der Waals surface area contributed by atoms with E-state index in [0.717, 1.165) is 11.3 Å². The largest absolute Gasteiger partial charge is 0.406 e. The topological polar surface area (TPSA) is 81.3 Å². The summed E-state index contributed by atoms with van der Waals surface area (Å²) in [6.07, 6.45) is -4.65. The summed E-state index contributed by atoms with van der Waals surface area (Å²) in [6, 6.07) is 6.94. The van der Waals surface area contributed by atoms with Crippen LogP contribution in [0.4, 0.5) is 18.9 Å². The second-order valence-electron chi connectivity index (χ2n) is 6.20. The first-order chi connectivity index (χ1) is 13.1. The summed E-state index contributed by atoms with van der Waals surface area (Å²) in [6.45, 7) is -0.297. The molecule has 3 aromatic rings. The van der Waals surface area contributed by atoms with Gasteiger partial charge in [-0.25, -0.2) is 0 Å². The monoisotopic (exact) mass is 412 g/mol. The number of carbonyl (C=O) groups is 1. The van der Waals surface area contributed by atoms with E-state index in [1.165, 1.54) is 30.3 Å². The number of amides is 1. The second kappa shape index (κ2) is 7.23. The Labute approximate surface area is 161 Å². The predicted octanol–water partition coefficient (Wildman–Crippen LogP) is 4.06. The van der Waals surface area contributed by atoms with Crippen LogP contribution in [-0.4, -0.2) is 38.2 Å². The molecule has 0 radical (unpaired) electrons. The van der Waals surface area contributed by atoms with Crippen molar-refractivity contribution in [3.63, 3.8) is 0 Å². The number of hydrogen-bond donors (Lipinski definition) is 0. The lowest BCUT2D eigenvalue weighted by Gasteiger charge is -2.23. The average Bonchev–Trinajstić information content (AvgIpc) is 3.14. The molecule has 0 saturated heterocycles. The van der Waals surface area contributed by atoms with Crippen LogP contribution in [-0.2, 0) is 13.6 Å². The molecule has 0 atom stereocenters. The zero-order valence-electron chi connectivity index (χ0n) is 14.9. The Balaban J connectivity index is 1.98. The summed E-state index contributed by atoms with van der Waals surface area (Å²) in [7, 11) is 1.68. The van der Waals surface area contributed by atoms with Gasteiger partial charge in [-0.3, -0.25) is 19.6 Å². The number of rotatable bonds is 5. The molecule has 148 valence electrons. The molecule has 0 N–H and O–H groups in total. The van der Waals surface area contributed by atoms with Crippen LogP contribution in [0, 0.1) is 17.0 Å². The van der Waals surface area contributed by atoms with Gasteiger partial charge < -0.3 is 4.90 Å². The van der Waals surface area contributed by atoms with Crippen LogP contribution < -0.4 is 0 Å². The lowest BCUT2D eigenvalue weighted by Crippen LogP contribution is -2.38. The van der Waals surface area contributed by atoms with Gasteiger partial charge >= 0.3 is 6.18 Å². The van der Waals surface area contributed by atoms with E-state index in [4.69, 9.17) is 0 Å². The molecule has 0 saturated carbocycles. The highest BCUT2D eigenvalue weighted by Gasteiger charge is 2.35. The molecule has 0 aliphatic carbocycles. The zero-order chi connectivity index (χ0) is 20.6. The highest BCUT2D eigenvalue weighted by Crippen LogP contribution is 2.30. The van der Waals surface area contributed by atoms with Gasteiger partial charge in [0.05, 0.1) is 22.0 Å². The number of fused-ring (bicyclic) bond motifs is 1. The third kappa shape index (κ3) is 3.98. The van der Waals surface area contributed by atoms with Crippen LogP contribution in [0.5, 0.6) is 0 Å². The van der Waals surface area contributed by atoms with Crippen LogP contribution in [0.2, 0.25) is 0 Å². The first kappa shape index (κ1) is 19.8. The molecule has 0 aliphatic rings. The van der Waals surface area contributed by atoms with E-state index < -0.39 is 30.1 Å². The smallest absolute Gasteiger partial charge is 0.324 e. The van der Waals surface area contributed by atoms with Crippen LogP contribution in [0.25, 0.3) is 10.2 Å². The van der Waals surface area contributed by atoms with Gasteiger partial charge in [0.2, 0.25) is 0 Å². The fraction of sp³-hybridized carbons (Fsp3) is 0.294. The van der Waals surface area contributed by atoms with Gasteiger partial charge in [0.25, 0.3) is 11.6 Å². The van der Waals surface area contributed by atoms with Crippen molar-refractivity contribution >= 4 is 33.1 Å². The quantitative estimate of drug-likeness (QED) is 0.468. The van der Waals surface area contributed by atoms with Crippen molar-refractivity contribution in [1.82, 2.24) is 14.7 Å². The van der Waals surface area contributed by atoms with Crippen molar-refractivity contribution in [2.75, 3.05) is 6.54 Å². The SMILES string of the molecule is Cc1nn(C)c2sc(C(=O)N(Cc3ccccc3[N+](=O)[O-])CC(F)(F)F)cc12. The fourth-order valence-corrected chi connectivity index (χ4v) is 4.00. The van der Waals surface area contributed by atoms with Crippen molar-refractivity contribution in [3.8, 4) is 0 Å². The van der Waals surface area contributed by atoms with E-state index in [0.29, 0.717) is 20.8 Å². The summed E-state index contributed by atoms with van der Waals surface area (Å²) in [4.78, 5) is 24.7. The van der Waals surface area contributed by atoms with E-state index in [2.05, 4.69) is 5.10 Å². The number of alkyl halides is 3. The molecule has 0 spiro atoms. The molecule has 1 amide bonds. The van der Waals surface area contributed by atoms with Gasteiger partial charge in [-0.1, -0.05) is 18.2 Å². The number of para-hydroxylation sites is 1. The number of thiophene rings is 1. The highest BCUT2D eigenvalue weighted by atomic mass is 32.1. The van der Waals surface area contributed by atoms with Crippen LogP contribution in [0.3, 0.4) is 0 Å². The van der Waals surface area contributed by atoms with E-state index in [9.17, 15) is 28.1 Å². The van der Waals surface area contributed by atoms with Crippen LogP contribution in [0.15, 0.2) is 30.3 Å². The Hall–Kier alpha value is -2.95. The standard InChI is InChI=1S/C17H15F3N4O3S/c1-10-12-7-14(28-16(12)22(2)21-10)15(25)23(9-17(18,19)20)8-11-5-3-4-6-13(11)24(26)27/h3-7H,8-9H2,1-2H3. The van der Waals surface area contributed by atoms with Crippen LogP contribution >= 0.6 is 11.3 Å². The summed E-state index contributed by atoms with van der Waals surface area (Å²) in [5.74, 6) is -0.837. The van der Waals surface area contributed by atoms with Gasteiger partial charge in [0.1, 0.15) is 11.4 Å². The van der Waals surface area contributed by atoms with Crippen LogP contribution in [0.1, 0.15) is 20.9 Å². The van der Waals surface area contributed by atoms with E-state index in [-0.39, 0.29) is 16.1 Å². The summed E-state index contributed by atoms with van der Waals surface area (Å²) in [5.41, 5.74) is 0.358. The number of hydrogen-bond acceptors (Lipinski definition) is 5. The number of halogens is 3. The zero-order valence-corrected chi connectivity index (χ0v) is 15.7. The molecule has 3 rings (SSSR count). The molecule has 28 heavy (non-hydrogen) atoms. The number of nitro benzene ring substituents is 1. The third-order valence-electron chi connectivity index (χ3n) is 4.11. The van der Waals surface area contributed by atoms with E-state index in [1.54, 1.807) is 18.7 Å². The molecule has 1 aromatic carbocycles. The Kier molecular flexibility index (Phi) is 5.11. The first-order valence-corrected chi connectivity index (χ1v) is 8.90. The van der Waals surface area contributed by atoms with Crippen molar-refractivity contribution in [1.29, 1.82) is 0 Å². The minimum atomic E-state index is -4.65. The van der Waals surface area contributed by atoms with Crippen molar-refractivity contribution in [3.05, 3.63) is 56.6 Å². The number of aromatic nitrogens is 2. The third-order valence-corrected chi connectivity index (χ3v) is 5.30. The number of aryl methyl sites for hydroxylation is 2. The van der Waals surface area contributed by atoms with Crippen molar-refractivity contribution < 1.29 is 22.9 Å². The van der Waals surface area contributed by atoms with E-state index >= 15 is 0 Å². The Morgan fingerprint density at radius 1 is 1.36 bits per heavy atom. The first-order valence-electron chi connectivity index (χ1n) is 8.08. The average molecular weight is 412 g/mol. The number of carbonyl (C=O) groups excluding carboxylic acids is 1. The lowest BCUT2D eigenvalue weighted by molar-refractivity contribution is -0.385. The Morgan fingerprint density at radius 3 is 2.64 bits per heavy atom. The van der Waals surface area contributed by atoms with Gasteiger partial charge in [-0.2, -0.15) is 18.3 Å². The summed E-state index contributed by atoms with van der Waals surface area (Å²) in [5, 5.41) is 16.0. The van der Waals surface area contributed by atoms with Gasteiger partial charge in [0, 0.05) is 24.1 Å². The molecule has 0 fully saturated rings. The molecular formula is C17H15F3N4O3S. The van der Waals surface area contributed by atoms with Gasteiger partial charge in [-0.15, -0.1) is 11.3 Å². The molecule has 0 bridgehead atoms. The van der Waals surface area contributed by atoms with Crippen molar-refractivity contribution in [2.24, 2.45) is 7.05 Å². The fourth-order valence-electron chi connectivity index (χ4n) is 2.91. The minimum absolute atomic E-state index is 0.0315. The van der Waals surface area contributed by atoms with E-state index in [1.807, 2.05) is 0 Å².